The lowest BCUT2D eigenvalue weighted by Gasteiger charge is -2.41. The maximum Gasteiger partial charge on any atom is 0.159 e. The summed E-state index contributed by atoms with van der Waals surface area (Å²) in [7, 11) is 0. The van der Waals surface area contributed by atoms with Crippen molar-refractivity contribution in [2.45, 2.75) is 31.4 Å². The molecule has 94 valence electrons. The van der Waals surface area contributed by atoms with Gasteiger partial charge in [-0.05, 0) is 19.8 Å². The molecular weight excluding hydrogens is 250 g/mol. The molecule has 2 N–H and O–H groups in total. The topological polar surface area (TPSA) is 58.0 Å². The molecule has 0 spiro atoms. The molecule has 0 amide bonds. The Morgan fingerprint density at radius 2 is 1.94 bits per heavy atom. The number of rotatable bonds is 2. The third-order valence-corrected chi connectivity index (χ3v) is 3.63. The van der Waals surface area contributed by atoms with Crippen LogP contribution in [0.4, 0.5) is 5.82 Å². The maximum absolute atomic E-state index is 9.72. The van der Waals surface area contributed by atoms with E-state index in [1.165, 1.54) is 0 Å². The first-order valence-electron chi connectivity index (χ1n) is 5.95. The highest BCUT2D eigenvalue weighted by Crippen LogP contribution is 2.35. The molecule has 18 heavy (non-hydrogen) atoms. The molecule has 4 nitrogen and oxygen atoms in total. The largest absolute Gasteiger partial charge is 0.390 e. The first-order chi connectivity index (χ1) is 8.55. The summed E-state index contributed by atoms with van der Waals surface area (Å²) in [6.07, 6.45) is 1.46. The smallest absolute Gasteiger partial charge is 0.159 e. The van der Waals surface area contributed by atoms with Gasteiger partial charge in [-0.2, -0.15) is 0 Å². The Hall–Kier alpha value is -1.39. The minimum Gasteiger partial charge on any atom is -0.390 e. The molecule has 0 atom stereocenters. The van der Waals surface area contributed by atoms with Crippen LogP contribution < -0.4 is 5.32 Å². The fourth-order valence-electron chi connectivity index (χ4n) is 2.48. The molecule has 0 saturated heterocycles. The molecule has 0 radical (unpaired) electrons. The number of fused-ring (bicyclic) bond motifs is 1. The summed E-state index contributed by atoms with van der Waals surface area (Å²) < 4.78 is 0. The van der Waals surface area contributed by atoms with Crippen LogP contribution in [0, 0.1) is 0 Å². The second-order valence-corrected chi connectivity index (χ2v) is 5.49. The van der Waals surface area contributed by atoms with E-state index in [-0.39, 0.29) is 6.04 Å². The van der Waals surface area contributed by atoms with Crippen molar-refractivity contribution in [3.8, 4) is 0 Å². The van der Waals surface area contributed by atoms with Crippen molar-refractivity contribution in [1.29, 1.82) is 0 Å². The van der Waals surface area contributed by atoms with Crippen molar-refractivity contribution < 1.29 is 5.11 Å². The Kier molecular flexibility index (Phi) is 2.64. The number of nitrogens with one attached hydrogen (secondary N) is 1. The van der Waals surface area contributed by atoms with Crippen molar-refractivity contribution in [2.24, 2.45) is 0 Å². The monoisotopic (exact) mass is 263 g/mol. The van der Waals surface area contributed by atoms with Gasteiger partial charge in [-0.25, -0.2) is 0 Å². The van der Waals surface area contributed by atoms with Gasteiger partial charge in [-0.1, -0.05) is 35.9 Å². The molecule has 3 rings (SSSR count). The number of halogens is 1. The zero-order chi connectivity index (χ0) is 12.8. The number of hydrogen-bond acceptors (Lipinski definition) is 4. The summed E-state index contributed by atoms with van der Waals surface area (Å²) in [5, 5.41) is 23.3. The second kappa shape index (κ2) is 4.07. The summed E-state index contributed by atoms with van der Waals surface area (Å²) in [5.74, 6) is 0.732. The van der Waals surface area contributed by atoms with E-state index in [9.17, 15) is 5.11 Å². The van der Waals surface area contributed by atoms with E-state index in [1.807, 2.05) is 31.2 Å². The molecule has 1 fully saturated rings. The summed E-state index contributed by atoms with van der Waals surface area (Å²) in [4.78, 5) is 0. The minimum absolute atomic E-state index is 0.249. The highest BCUT2D eigenvalue weighted by molar-refractivity contribution is 6.34. The molecule has 1 aliphatic carbocycles. The van der Waals surface area contributed by atoms with Gasteiger partial charge in [0.1, 0.15) is 0 Å². The van der Waals surface area contributed by atoms with E-state index >= 15 is 0 Å². The Balaban J connectivity index is 1.91. The number of hydrogen-bond donors (Lipinski definition) is 2. The van der Waals surface area contributed by atoms with E-state index in [2.05, 4.69) is 15.5 Å². The van der Waals surface area contributed by atoms with Gasteiger partial charge in [0.2, 0.25) is 0 Å². The highest BCUT2D eigenvalue weighted by Gasteiger charge is 2.38. The Bertz CT molecular complexity index is 592. The van der Waals surface area contributed by atoms with Gasteiger partial charge in [-0.15, -0.1) is 10.2 Å². The maximum atomic E-state index is 9.72. The Morgan fingerprint density at radius 1 is 1.28 bits per heavy atom. The molecule has 0 bridgehead atoms. The first kappa shape index (κ1) is 11.7. The first-order valence-corrected chi connectivity index (χ1v) is 6.33. The summed E-state index contributed by atoms with van der Waals surface area (Å²) in [5.41, 5.74) is -0.548. The Labute approximate surface area is 110 Å². The average molecular weight is 264 g/mol. The highest BCUT2D eigenvalue weighted by atomic mass is 35.5. The molecule has 0 aliphatic heterocycles. The van der Waals surface area contributed by atoms with E-state index in [0.29, 0.717) is 5.15 Å². The van der Waals surface area contributed by atoms with E-state index in [0.717, 1.165) is 29.4 Å². The van der Waals surface area contributed by atoms with Crippen molar-refractivity contribution in [2.75, 3.05) is 5.32 Å². The van der Waals surface area contributed by atoms with Crippen LogP contribution in [-0.4, -0.2) is 26.9 Å². The average Bonchev–Trinajstić information content (AvgIpc) is 2.31. The van der Waals surface area contributed by atoms with Gasteiger partial charge in [0.25, 0.3) is 0 Å². The van der Waals surface area contributed by atoms with Gasteiger partial charge in [0.15, 0.2) is 11.0 Å². The molecule has 1 heterocycles. The molecule has 1 saturated carbocycles. The molecule has 5 heteroatoms. The zero-order valence-corrected chi connectivity index (χ0v) is 10.8. The van der Waals surface area contributed by atoms with Crippen LogP contribution in [0.5, 0.6) is 0 Å². The molecule has 1 aromatic heterocycles. The fourth-order valence-corrected chi connectivity index (χ4v) is 2.68. The van der Waals surface area contributed by atoms with Crippen LogP contribution in [0.15, 0.2) is 24.3 Å². The van der Waals surface area contributed by atoms with Crippen molar-refractivity contribution >= 4 is 28.2 Å². The van der Waals surface area contributed by atoms with Crippen LogP contribution in [0.1, 0.15) is 19.8 Å². The fraction of sp³-hybridized carbons (Fsp3) is 0.385. The molecule has 0 unspecified atom stereocenters. The third-order valence-electron chi connectivity index (χ3n) is 3.36. The van der Waals surface area contributed by atoms with Gasteiger partial charge < -0.3 is 10.4 Å². The van der Waals surface area contributed by atoms with Gasteiger partial charge in [-0.3, -0.25) is 0 Å². The number of aromatic nitrogens is 2. The predicted molar refractivity (Wildman–Crippen MR) is 71.8 cm³/mol. The lowest BCUT2D eigenvalue weighted by atomic mass is 9.77. The standard InChI is InChI=1S/C13H14ClN3O/c1-13(18)6-8(7-13)15-12-10-5-3-2-4-9(10)11(14)16-17-12/h2-5,8,18H,6-7H2,1H3,(H,15,17). The lowest BCUT2D eigenvalue weighted by molar-refractivity contribution is -0.0235. The van der Waals surface area contributed by atoms with E-state index < -0.39 is 5.60 Å². The van der Waals surface area contributed by atoms with E-state index in [1.54, 1.807) is 0 Å². The molecule has 1 aromatic carbocycles. The lowest BCUT2D eigenvalue weighted by Crippen LogP contribution is -2.48. The summed E-state index contributed by atoms with van der Waals surface area (Å²) in [6, 6.07) is 8.01. The molecule has 1 aliphatic rings. The predicted octanol–water partition coefficient (Wildman–Crippen LogP) is 2.61. The van der Waals surface area contributed by atoms with E-state index in [4.69, 9.17) is 11.6 Å². The number of anilines is 1. The van der Waals surface area contributed by atoms with Gasteiger partial charge in [0.05, 0.1) is 5.60 Å². The SMILES string of the molecule is CC1(O)CC(Nc2nnc(Cl)c3ccccc23)C1. The number of nitrogens with zero attached hydrogens (tertiary/aromatic N) is 2. The zero-order valence-electron chi connectivity index (χ0n) is 10.0. The molecular formula is C13H14ClN3O. The minimum atomic E-state index is -0.548. The van der Waals surface area contributed by atoms with Crippen LogP contribution in [-0.2, 0) is 0 Å². The van der Waals surface area contributed by atoms with Crippen molar-refractivity contribution in [3.05, 3.63) is 29.4 Å². The van der Waals surface area contributed by atoms with Crippen LogP contribution in [0.2, 0.25) is 5.15 Å². The van der Waals surface area contributed by atoms with Crippen LogP contribution in [0.3, 0.4) is 0 Å². The third kappa shape index (κ3) is 2.02. The number of benzene rings is 1. The van der Waals surface area contributed by atoms with Crippen molar-refractivity contribution in [3.63, 3.8) is 0 Å². The normalized spacial score (nSPS) is 26.9. The summed E-state index contributed by atoms with van der Waals surface area (Å²) >= 11 is 6.02. The van der Waals surface area contributed by atoms with Crippen LogP contribution >= 0.6 is 11.6 Å². The summed E-state index contributed by atoms with van der Waals surface area (Å²) in [6.45, 7) is 1.84. The van der Waals surface area contributed by atoms with Crippen molar-refractivity contribution in [1.82, 2.24) is 10.2 Å². The van der Waals surface area contributed by atoms with Crippen LogP contribution in [0.25, 0.3) is 10.8 Å². The van der Waals surface area contributed by atoms with Gasteiger partial charge in [0, 0.05) is 16.8 Å². The molecule has 2 aromatic rings. The quantitative estimate of drug-likeness (QED) is 0.874. The number of aliphatic hydroxyl groups is 1. The van der Waals surface area contributed by atoms with Gasteiger partial charge >= 0.3 is 0 Å². The second-order valence-electron chi connectivity index (χ2n) is 5.13. The Morgan fingerprint density at radius 3 is 2.61 bits per heavy atom.